The van der Waals surface area contributed by atoms with Crippen LogP contribution in [0.1, 0.15) is 83.0 Å². The van der Waals surface area contributed by atoms with Crippen molar-refractivity contribution in [3.63, 3.8) is 0 Å². The van der Waals surface area contributed by atoms with Gasteiger partial charge in [-0.05, 0) is 51.3 Å². The first-order chi connectivity index (χ1) is 20.6. The number of fused-ring (bicyclic) bond motifs is 7. The maximum atomic E-state index is 4.02. The van der Waals surface area contributed by atoms with Gasteiger partial charge in [-0.15, -0.1) is 0 Å². The van der Waals surface area contributed by atoms with Crippen LogP contribution in [0.4, 0.5) is 0 Å². The van der Waals surface area contributed by atoms with Crippen LogP contribution in [0.2, 0.25) is 0 Å². The van der Waals surface area contributed by atoms with Crippen molar-refractivity contribution in [1.29, 1.82) is 0 Å². The molecule has 4 atom stereocenters. The molecule has 0 radical (unpaired) electrons. The Morgan fingerprint density at radius 1 is 0.643 bits per heavy atom. The molecular weight excluding hydrogens is 527 g/mol. The average molecular weight is 562 g/mol. The molecule has 2 aliphatic heterocycles. The highest BCUT2D eigenvalue weighted by Crippen LogP contribution is 2.63. The summed E-state index contributed by atoms with van der Waals surface area (Å²) in [6.45, 7) is 4.90. The molecule has 5 aromatic rings. The third-order valence-corrected chi connectivity index (χ3v) is 11.1. The van der Waals surface area contributed by atoms with Crippen LogP contribution in [0.15, 0.2) is 143 Å². The molecule has 42 heavy (non-hydrogen) atoms. The van der Waals surface area contributed by atoms with Gasteiger partial charge in [-0.1, -0.05) is 153 Å². The summed E-state index contributed by atoms with van der Waals surface area (Å²) in [7, 11) is 0. The Bertz CT molecular complexity index is 1800. The highest BCUT2D eigenvalue weighted by Gasteiger charge is 2.50. The normalized spacial score (nSPS) is 23.3. The molecule has 0 aromatic heterocycles. The average Bonchev–Trinajstić information content (AvgIpc) is 3.17. The second-order valence-electron chi connectivity index (χ2n) is 12.6. The minimum absolute atomic E-state index is 0.0364. The van der Waals surface area contributed by atoms with Crippen molar-refractivity contribution in [2.75, 3.05) is 0 Å². The van der Waals surface area contributed by atoms with Crippen molar-refractivity contribution in [1.82, 2.24) is 5.32 Å². The second kappa shape index (κ2) is 10.1. The molecule has 2 heteroatoms. The quantitative estimate of drug-likeness (QED) is 0.235. The van der Waals surface area contributed by atoms with Crippen molar-refractivity contribution in [3.8, 4) is 0 Å². The summed E-state index contributed by atoms with van der Waals surface area (Å²) in [6.07, 6.45) is 3.53. The van der Waals surface area contributed by atoms with Crippen molar-refractivity contribution in [2.24, 2.45) is 0 Å². The minimum Gasteiger partial charge on any atom is -0.378 e. The molecule has 1 aliphatic carbocycles. The topological polar surface area (TPSA) is 12.0 Å². The lowest BCUT2D eigenvalue weighted by atomic mass is 9.70. The lowest BCUT2D eigenvalue weighted by Gasteiger charge is -2.33. The molecule has 1 nitrogen and oxygen atoms in total. The highest BCUT2D eigenvalue weighted by molar-refractivity contribution is 7.99. The molecule has 5 aromatic carbocycles. The fourth-order valence-electron chi connectivity index (χ4n) is 7.92. The molecule has 0 spiro atoms. The number of benzene rings is 5. The molecule has 8 rings (SSSR count). The van der Waals surface area contributed by atoms with E-state index < -0.39 is 0 Å². The van der Waals surface area contributed by atoms with E-state index in [4.69, 9.17) is 0 Å². The van der Waals surface area contributed by atoms with E-state index in [9.17, 15) is 0 Å². The summed E-state index contributed by atoms with van der Waals surface area (Å²) in [5.41, 5.74) is 11.2. The Kier molecular flexibility index (Phi) is 6.16. The van der Waals surface area contributed by atoms with Crippen molar-refractivity contribution < 1.29 is 0 Å². The number of hydrogen-bond donors (Lipinski definition) is 1. The molecule has 1 N–H and O–H groups in total. The molecule has 0 bridgehead atoms. The van der Waals surface area contributed by atoms with E-state index in [2.05, 4.69) is 153 Å². The summed E-state index contributed by atoms with van der Waals surface area (Å²) in [6, 6.07) is 47.6. The summed E-state index contributed by atoms with van der Waals surface area (Å²) in [5.74, 6) is 1.05. The first kappa shape index (κ1) is 25.7. The Morgan fingerprint density at radius 3 is 2.07 bits per heavy atom. The van der Waals surface area contributed by atoms with Gasteiger partial charge in [0, 0.05) is 38.8 Å². The zero-order chi connectivity index (χ0) is 28.3. The van der Waals surface area contributed by atoms with Gasteiger partial charge < -0.3 is 5.32 Å². The number of allylic oxidation sites excluding steroid dienone is 1. The van der Waals surface area contributed by atoms with Gasteiger partial charge in [0.1, 0.15) is 0 Å². The Hall–Kier alpha value is -4.01. The van der Waals surface area contributed by atoms with Crippen molar-refractivity contribution >= 4 is 17.5 Å². The van der Waals surface area contributed by atoms with Crippen LogP contribution in [-0.2, 0) is 5.41 Å². The third kappa shape index (κ3) is 4.07. The summed E-state index contributed by atoms with van der Waals surface area (Å²) in [5, 5.41) is 4.02. The molecule has 0 amide bonds. The zero-order valence-electron chi connectivity index (χ0n) is 24.1. The Morgan fingerprint density at radius 2 is 1.29 bits per heavy atom. The molecule has 0 fully saturated rings. The van der Waals surface area contributed by atoms with Gasteiger partial charge in [0.25, 0.3) is 0 Å². The number of nitrogens with one attached hydrogen (secondary N) is 1. The fourth-order valence-corrected chi connectivity index (χ4v) is 9.20. The van der Waals surface area contributed by atoms with E-state index in [0.717, 1.165) is 6.42 Å². The predicted molar refractivity (Wildman–Crippen MR) is 175 cm³/mol. The van der Waals surface area contributed by atoms with E-state index in [1.54, 1.807) is 0 Å². The van der Waals surface area contributed by atoms with Crippen molar-refractivity contribution in [3.05, 3.63) is 172 Å². The van der Waals surface area contributed by atoms with Gasteiger partial charge in [-0.25, -0.2) is 0 Å². The standard InChI is InChI=1S/C40H35NS/c1-40(2)33-22-11-9-18-29(33)37-32-21-13-20-30(39(32)42-36-23-12-10-19-31(36)38(37)40)35-25-28(26-14-5-3-6-15-26)24-34(41-35)27-16-7-4-8-17-27/h3-23,25,28,34,37-38,41H,24H2,1-2H3. The van der Waals surface area contributed by atoms with E-state index in [1.165, 1.54) is 54.4 Å². The van der Waals surface area contributed by atoms with Crippen LogP contribution in [-0.4, -0.2) is 0 Å². The monoisotopic (exact) mass is 561 g/mol. The van der Waals surface area contributed by atoms with Crippen LogP contribution < -0.4 is 5.32 Å². The van der Waals surface area contributed by atoms with Gasteiger partial charge in [-0.3, -0.25) is 0 Å². The van der Waals surface area contributed by atoms with Crippen LogP contribution in [0, 0.1) is 0 Å². The Labute approximate surface area is 253 Å². The first-order valence-electron chi connectivity index (χ1n) is 15.2. The predicted octanol–water partition coefficient (Wildman–Crippen LogP) is 10.2. The first-order valence-corrected chi connectivity index (χ1v) is 16.0. The number of rotatable bonds is 3. The SMILES string of the molecule is CC1(C)c2ccccc2C2c3cccc(C4=CC(c5ccccc5)CC(c5ccccc5)N4)c3Sc3ccccc3C21. The summed E-state index contributed by atoms with van der Waals surface area (Å²) in [4.78, 5) is 2.78. The second-order valence-corrected chi connectivity index (χ2v) is 13.6. The molecule has 2 heterocycles. The largest absolute Gasteiger partial charge is 0.378 e. The van der Waals surface area contributed by atoms with E-state index in [1.807, 2.05) is 11.8 Å². The van der Waals surface area contributed by atoms with Crippen LogP contribution in [0.25, 0.3) is 5.70 Å². The molecule has 4 unspecified atom stereocenters. The fraction of sp³-hybridized carbons (Fsp3) is 0.200. The van der Waals surface area contributed by atoms with Gasteiger partial charge >= 0.3 is 0 Å². The molecule has 0 saturated heterocycles. The highest BCUT2D eigenvalue weighted by atomic mass is 32.2. The lowest BCUT2D eigenvalue weighted by molar-refractivity contribution is 0.417. The molecule has 206 valence electrons. The molecule has 3 aliphatic rings. The van der Waals surface area contributed by atoms with Gasteiger partial charge in [0.05, 0.1) is 6.04 Å². The van der Waals surface area contributed by atoms with Crippen LogP contribution in [0.3, 0.4) is 0 Å². The van der Waals surface area contributed by atoms with E-state index in [0.29, 0.717) is 17.8 Å². The van der Waals surface area contributed by atoms with E-state index in [-0.39, 0.29) is 11.5 Å². The maximum absolute atomic E-state index is 4.02. The molecule has 0 saturated carbocycles. The van der Waals surface area contributed by atoms with Gasteiger partial charge in [0.15, 0.2) is 0 Å². The van der Waals surface area contributed by atoms with E-state index >= 15 is 0 Å². The lowest BCUT2D eigenvalue weighted by Crippen LogP contribution is -2.27. The van der Waals surface area contributed by atoms with Gasteiger partial charge in [-0.2, -0.15) is 0 Å². The van der Waals surface area contributed by atoms with Crippen molar-refractivity contribution in [2.45, 2.75) is 59.3 Å². The van der Waals surface area contributed by atoms with Gasteiger partial charge in [0.2, 0.25) is 0 Å². The van der Waals surface area contributed by atoms with Crippen LogP contribution >= 0.6 is 11.8 Å². The van der Waals surface area contributed by atoms with Crippen LogP contribution in [0.5, 0.6) is 0 Å². The summed E-state index contributed by atoms with van der Waals surface area (Å²) >= 11 is 1.97. The molecular formula is C40H35NS. The zero-order valence-corrected chi connectivity index (χ0v) is 24.9. The number of hydrogen-bond acceptors (Lipinski definition) is 2. The third-order valence-electron chi connectivity index (χ3n) is 9.85. The Balaban J connectivity index is 1.33. The minimum atomic E-state index is 0.0364. The smallest absolute Gasteiger partial charge is 0.0522 e. The maximum Gasteiger partial charge on any atom is 0.0522 e. The summed E-state index contributed by atoms with van der Waals surface area (Å²) < 4.78 is 0.